The van der Waals surface area contributed by atoms with Gasteiger partial charge in [0, 0.05) is 47.5 Å². The molecule has 0 spiro atoms. The van der Waals surface area contributed by atoms with E-state index in [0.29, 0.717) is 17.6 Å². The molecule has 10 rings (SSSR count). The van der Waals surface area contributed by atoms with Gasteiger partial charge in [0.05, 0.1) is 11.0 Å². The molecule has 3 heterocycles. The van der Waals surface area contributed by atoms with Crippen LogP contribution in [-0.2, 0) is 5.41 Å². The lowest BCUT2D eigenvalue weighted by molar-refractivity contribution is 0.591. The maximum atomic E-state index is 5.30. The minimum Gasteiger partial charge on any atom is -0.277 e. The average molecular weight is 687 g/mol. The lowest BCUT2D eigenvalue weighted by Gasteiger charge is -2.19. The van der Waals surface area contributed by atoms with Crippen LogP contribution in [0.4, 0.5) is 0 Å². The number of benzene rings is 7. The smallest absolute Gasteiger partial charge is 0.238 e. The summed E-state index contributed by atoms with van der Waals surface area (Å²) in [6.45, 7) is 6.85. The Labute approximate surface area is 305 Å². The molecule has 0 bridgehead atoms. The molecule has 0 fully saturated rings. The van der Waals surface area contributed by atoms with Gasteiger partial charge in [0.15, 0.2) is 11.6 Å². The van der Waals surface area contributed by atoms with Crippen LogP contribution < -0.4 is 0 Å². The van der Waals surface area contributed by atoms with Crippen LogP contribution in [0.25, 0.3) is 92.6 Å². The zero-order valence-corrected chi connectivity index (χ0v) is 29.9. The van der Waals surface area contributed by atoms with E-state index in [4.69, 9.17) is 15.0 Å². The molecule has 4 nitrogen and oxygen atoms in total. The number of aromatic nitrogens is 4. The van der Waals surface area contributed by atoms with Gasteiger partial charge in [-0.25, -0.2) is 4.98 Å². The maximum Gasteiger partial charge on any atom is 0.238 e. The van der Waals surface area contributed by atoms with Crippen LogP contribution in [-0.4, -0.2) is 19.5 Å². The lowest BCUT2D eigenvalue weighted by Crippen LogP contribution is -2.10. The van der Waals surface area contributed by atoms with Crippen LogP contribution in [0.1, 0.15) is 26.3 Å². The first-order valence-corrected chi connectivity index (χ1v) is 18.5. The fraction of sp³-hybridized carbons (Fsp3) is 0.0851. The number of fused-ring (bicyclic) bond motifs is 10. The van der Waals surface area contributed by atoms with Gasteiger partial charge in [-0.2, -0.15) is 9.97 Å². The third kappa shape index (κ3) is 4.77. The van der Waals surface area contributed by atoms with Crippen LogP contribution in [0.5, 0.6) is 0 Å². The molecule has 0 radical (unpaired) electrons. The number of nitrogens with zero attached hydrogens (tertiary/aromatic N) is 4. The Morgan fingerprint density at radius 2 is 1.06 bits per heavy atom. The summed E-state index contributed by atoms with van der Waals surface area (Å²) in [4.78, 5) is 15.7. The number of thiophene rings is 1. The van der Waals surface area contributed by atoms with E-state index in [1.54, 1.807) is 0 Å². The summed E-state index contributed by atoms with van der Waals surface area (Å²) in [5.41, 5.74) is 7.80. The molecule has 0 saturated carbocycles. The first kappa shape index (κ1) is 30.6. The van der Waals surface area contributed by atoms with Crippen molar-refractivity contribution < 1.29 is 0 Å². The monoisotopic (exact) mass is 686 g/mol. The Balaban J connectivity index is 1.43. The fourth-order valence-corrected chi connectivity index (χ4v) is 9.04. The van der Waals surface area contributed by atoms with Crippen molar-refractivity contribution in [2.45, 2.75) is 26.2 Å². The SMILES string of the molecule is CC(C)(C)c1ccc2c(c1)c1c3ccccc3c3sc4c(-c5ccccc5)cccc4c3c1n2-c1nc(-c2ccccc2)nc(-c2ccccc2)n1. The van der Waals surface area contributed by atoms with Crippen molar-refractivity contribution in [2.24, 2.45) is 0 Å². The first-order valence-electron chi connectivity index (χ1n) is 17.7. The highest BCUT2D eigenvalue weighted by atomic mass is 32.1. The fourth-order valence-electron chi connectivity index (χ4n) is 7.66. The van der Waals surface area contributed by atoms with E-state index in [0.717, 1.165) is 22.2 Å². The van der Waals surface area contributed by atoms with E-state index in [9.17, 15) is 0 Å². The van der Waals surface area contributed by atoms with Gasteiger partial charge < -0.3 is 0 Å². The van der Waals surface area contributed by atoms with Crippen LogP contribution >= 0.6 is 11.3 Å². The topological polar surface area (TPSA) is 43.6 Å². The van der Waals surface area contributed by atoms with Crippen molar-refractivity contribution >= 4 is 64.1 Å². The second kappa shape index (κ2) is 11.7. The summed E-state index contributed by atoms with van der Waals surface area (Å²) in [6, 6.07) is 53.8. The number of hydrogen-bond donors (Lipinski definition) is 0. The van der Waals surface area contributed by atoms with E-state index < -0.39 is 0 Å². The number of rotatable bonds is 4. The standard InChI is InChI=1S/C47H34N4S/c1-47(2,3)32-26-27-38-37(28-32)39-34-22-13-14-23-35(34)43-40(36-25-15-24-33(42(36)52-43)29-16-7-4-8-17-29)41(39)51(38)46-49-44(30-18-9-5-10-19-30)48-45(50-46)31-20-11-6-12-21-31/h4-28H,1-3H3. The van der Waals surface area contributed by atoms with Crippen molar-refractivity contribution in [1.82, 2.24) is 19.5 Å². The Morgan fingerprint density at radius 3 is 1.69 bits per heavy atom. The third-order valence-corrected chi connectivity index (χ3v) is 11.5. The highest BCUT2D eigenvalue weighted by molar-refractivity contribution is 7.27. The molecule has 0 aliphatic carbocycles. The Kier molecular flexibility index (Phi) is 6.89. The van der Waals surface area contributed by atoms with Gasteiger partial charge in [0.1, 0.15) is 0 Å². The minimum absolute atomic E-state index is 0.0314. The summed E-state index contributed by atoms with van der Waals surface area (Å²) in [5, 5.41) is 7.36. The van der Waals surface area contributed by atoms with Gasteiger partial charge in [-0.3, -0.25) is 4.57 Å². The van der Waals surface area contributed by atoms with Crippen molar-refractivity contribution in [2.75, 3.05) is 0 Å². The molecule has 10 aromatic rings. The van der Waals surface area contributed by atoms with Crippen molar-refractivity contribution in [3.63, 3.8) is 0 Å². The van der Waals surface area contributed by atoms with Gasteiger partial charge in [-0.15, -0.1) is 11.3 Å². The summed E-state index contributed by atoms with van der Waals surface area (Å²) in [6.07, 6.45) is 0. The van der Waals surface area contributed by atoms with Crippen LogP contribution in [0.2, 0.25) is 0 Å². The zero-order chi connectivity index (χ0) is 35.0. The van der Waals surface area contributed by atoms with E-state index >= 15 is 0 Å². The molecule has 7 aromatic carbocycles. The van der Waals surface area contributed by atoms with Crippen molar-refractivity contribution in [1.29, 1.82) is 0 Å². The van der Waals surface area contributed by atoms with E-state index in [-0.39, 0.29) is 5.41 Å². The summed E-state index contributed by atoms with van der Waals surface area (Å²) >= 11 is 1.88. The molecule has 0 unspecified atom stereocenters. The Bertz CT molecular complexity index is 2920. The summed E-state index contributed by atoms with van der Waals surface area (Å²) in [5.74, 6) is 1.89. The van der Waals surface area contributed by atoms with Gasteiger partial charge in [-0.05, 0) is 39.6 Å². The average Bonchev–Trinajstić information content (AvgIpc) is 3.75. The highest BCUT2D eigenvalue weighted by Gasteiger charge is 2.26. The first-order chi connectivity index (χ1) is 25.4. The van der Waals surface area contributed by atoms with E-state index in [1.165, 1.54) is 58.4 Å². The van der Waals surface area contributed by atoms with Crippen LogP contribution in [0.15, 0.2) is 152 Å². The Hall–Kier alpha value is -6.17. The zero-order valence-electron chi connectivity index (χ0n) is 29.1. The molecule has 52 heavy (non-hydrogen) atoms. The van der Waals surface area contributed by atoms with Crippen LogP contribution in [0, 0.1) is 0 Å². The normalized spacial score (nSPS) is 12.1. The quantitative estimate of drug-likeness (QED) is 0.185. The Morgan fingerprint density at radius 1 is 0.481 bits per heavy atom. The molecule has 0 saturated heterocycles. The van der Waals surface area contributed by atoms with Gasteiger partial charge >= 0.3 is 0 Å². The minimum atomic E-state index is -0.0314. The molecule has 0 amide bonds. The molecular weight excluding hydrogens is 653 g/mol. The molecule has 248 valence electrons. The van der Waals surface area contributed by atoms with Crippen molar-refractivity contribution in [3.8, 4) is 39.9 Å². The summed E-state index contributed by atoms with van der Waals surface area (Å²) in [7, 11) is 0. The highest BCUT2D eigenvalue weighted by Crippen LogP contribution is 2.50. The van der Waals surface area contributed by atoms with Gasteiger partial charge in [-0.1, -0.05) is 160 Å². The maximum absolute atomic E-state index is 5.30. The van der Waals surface area contributed by atoms with E-state index in [2.05, 4.69) is 141 Å². The van der Waals surface area contributed by atoms with Crippen LogP contribution in [0.3, 0.4) is 0 Å². The van der Waals surface area contributed by atoms with Gasteiger partial charge in [0.2, 0.25) is 5.95 Å². The predicted octanol–water partition coefficient (Wildman–Crippen LogP) is 12.8. The number of hydrogen-bond acceptors (Lipinski definition) is 4. The molecule has 0 aliphatic heterocycles. The molecule has 0 N–H and O–H groups in total. The third-order valence-electron chi connectivity index (χ3n) is 10.2. The second-order valence-corrected chi connectivity index (χ2v) is 15.5. The second-order valence-electron chi connectivity index (χ2n) is 14.5. The summed E-state index contributed by atoms with van der Waals surface area (Å²) < 4.78 is 4.86. The molecule has 3 aromatic heterocycles. The lowest BCUT2D eigenvalue weighted by atomic mass is 9.86. The molecule has 0 atom stereocenters. The largest absolute Gasteiger partial charge is 0.277 e. The molecular formula is C47H34N4S. The molecule has 5 heteroatoms. The predicted molar refractivity (Wildman–Crippen MR) is 220 cm³/mol. The molecule has 0 aliphatic rings. The van der Waals surface area contributed by atoms with Gasteiger partial charge in [0.25, 0.3) is 0 Å². The van der Waals surface area contributed by atoms with E-state index in [1.807, 2.05) is 47.7 Å². The van der Waals surface area contributed by atoms with Crippen molar-refractivity contribution in [3.05, 3.63) is 157 Å².